The van der Waals surface area contributed by atoms with Crippen molar-refractivity contribution in [3.63, 3.8) is 0 Å². The molecule has 0 radical (unpaired) electrons. The molecule has 0 bridgehead atoms. The van der Waals surface area contributed by atoms with Crippen molar-refractivity contribution in [3.8, 4) is 0 Å². The van der Waals surface area contributed by atoms with Gasteiger partial charge in [0.05, 0.1) is 11.8 Å². The third-order valence-corrected chi connectivity index (χ3v) is 3.04. The second kappa shape index (κ2) is 5.20. The molecule has 1 amide bonds. The van der Waals surface area contributed by atoms with Gasteiger partial charge in [-0.1, -0.05) is 0 Å². The molecule has 1 N–H and O–H groups in total. The standard InChI is InChI=1S/C11H15F3N4O/c1-2-18-9(11(12,13)14)8(7-16-18)10(19)17-5-3-15-4-6-17/h7,15H,2-6H2,1H3. The van der Waals surface area contributed by atoms with Crippen LogP contribution in [0.25, 0.3) is 0 Å². The zero-order valence-electron chi connectivity index (χ0n) is 10.5. The van der Waals surface area contributed by atoms with Gasteiger partial charge in [0, 0.05) is 32.7 Å². The van der Waals surface area contributed by atoms with Gasteiger partial charge < -0.3 is 10.2 Å². The number of piperazine rings is 1. The predicted octanol–water partition coefficient (Wildman–Crippen LogP) is 0.967. The van der Waals surface area contributed by atoms with E-state index in [0.29, 0.717) is 26.2 Å². The van der Waals surface area contributed by atoms with E-state index in [0.717, 1.165) is 10.9 Å². The first-order valence-corrected chi connectivity index (χ1v) is 6.08. The van der Waals surface area contributed by atoms with Gasteiger partial charge in [0.25, 0.3) is 5.91 Å². The van der Waals surface area contributed by atoms with Crippen LogP contribution in [0.5, 0.6) is 0 Å². The lowest BCUT2D eigenvalue weighted by atomic mass is 10.2. The Hall–Kier alpha value is -1.57. The van der Waals surface area contributed by atoms with Crippen molar-refractivity contribution in [2.45, 2.75) is 19.6 Å². The van der Waals surface area contributed by atoms with E-state index in [1.165, 1.54) is 4.90 Å². The molecule has 1 aliphatic heterocycles. The molecule has 1 aliphatic rings. The van der Waals surface area contributed by atoms with E-state index in [1.807, 2.05) is 0 Å². The molecule has 1 fully saturated rings. The summed E-state index contributed by atoms with van der Waals surface area (Å²) in [6.45, 7) is 3.63. The molecule has 0 aliphatic carbocycles. The monoisotopic (exact) mass is 276 g/mol. The van der Waals surface area contributed by atoms with Crippen molar-refractivity contribution < 1.29 is 18.0 Å². The molecule has 0 aromatic carbocycles. The van der Waals surface area contributed by atoms with Crippen LogP contribution in [0.3, 0.4) is 0 Å². The number of halogens is 3. The maximum absolute atomic E-state index is 13.0. The summed E-state index contributed by atoms with van der Waals surface area (Å²) in [5, 5.41) is 6.70. The summed E-state index contributed by atoms with van der Waals surface area (Å²) in [5.41, 5.74) is -1.32. The van der Waals surface area contributed by atoms with Crippen LogP contribution in [0.2, 0.25) is 0 Å². The Kier molecular flexibility index (Phi) is 3.79. The Morgan fingerprint density at radius 2 is 2.05 bits per heavy atom. The van der Waals surface area contributed by atoms with Gasteiger partial charge in [-0.3, -0.25) is 9.48 Å². The number of nitrogens with zero attached hydrogens (tertiary/aromatic N) is 3. The number of aromatic nitrogens is 2. The molecule has 106 valence electrons. The number of carbonyl (C=O) groups is 1. The molecule has 1 aromatic rings. The van der Waals surface area contributed by atoms with Crippen molar-refractivity contribution in [1.29, 1.82) is 0 Å². The van der Waals surface area contributed by atoms with Gasteiger partial charge in [-0.05, 0) is 6.92 Å². The minimum atomic E-state index is -4.58. The Balaban J connectivity index is 2.33. The maximum atomic E-state index is 13.0. The fourth-order valence-corrected chi connectivity index (χ4v) is 2.12. The Morgan fingerprint density at radius 1 is 1.42 bits per heavy atom. The van der Waals surface area contributed by atoms with Crippen LogP contribution in [-0.4, -0.2) is 46.8 Å². The van der Waals surface area contributed by atoms with Gasteiger partial charge in [0.15, 0.2) is 5.69 Å². The van der Waals surface area contributed by atoms with Gasteiger partial charge in [-0.15, -0.1) is 0 Å². The summed E-state index contributed by atoms with van der Waals surface area (Å²) in [6, 6.07) is 0. The van der Waals surface area contributed by atoms with Crippen molar-refractivity contribution in [1.82, 2.24) is 20.0 Å². The van der Waals surface area contributed by atoms with E-state index in [4.69, 9.17) is 0 Å². The first-order valence-electron chi connectivity index (χ1n) is 6.08. The zero-order chi connectivity index (χ0) is 14.0. The fourth-order valence-electron chi connectivity index (χ4n) is 2.12. The molecule has 0 atom stereocenters. The number of hydrogen-bond acceptors (Lipinski definition) is 3. The molecular formula is C11H15F3N4O. The topological polar surface area (TPSA) is 50.2 Å². The molecule has 5 nitrogen and oxygen atoms in total. The summed E-state index contributed by atoms with van der Waals surface area (Å²) in [5.74, 6) is -0.603. The second-order valence-corrected chi connectivity index (χ2v) is 4.26. The number of hydrogen-bond donors (Lipinski definition) is 1. The van der Waals surface area contributed by atoms with Crippen LogP contribution in [0.1, 0.15) is 23.0 Å². The predicted molar refractivity (Wildman–Crippen MR) is 61.7 cm³/mol. The van der Waals surface area contributed by atoms with E-state index in [2.05, 4.69) is 10.4 Å². The van der Waals surface area contributed by atoms with Gasteiger partial charge >= 0.3 is 6.18 Å². The Bertz CT molecular complexity index is 463. The SMILES string of the molecule is CCn1ncc(C(=O)N2CCNCC2)c1C(F)(F)F. The lowest BCUT2D eigenvalue weighted by Crippen LogP contribution is -2.46. The third-order valence-electron chi connectivity index (χ3n) is 3.04. The summed E-state index contributed by atoms with van der Waals surface area (Å²) < 4.78 is 39.9. The molecule has 0 saturated carbocycles. The number of carbonyl (C=O) groups excluding carboxylic acids is 1. The third kappa shape index (κ3) is 2.73. The minimum absolute atomic E-state index is 0.0731. The van der Waals surface area contributed by atoms with Crippen LogP contribution >= 0.6 is 0 Å². The average molecular weight is 276 g/mol. The first-order chi connectivity index (χ1) is 8.95. The highest BCUT2D eigenvalue weighted by Gasteiger charge is 2.40. The maximum Gasteiger partial charge on any atom is 0.433 e. The highest BCUT2D eigenvalue weighted by atomic mass is 19.4. The van der Waals surface area contributed by atoms with E-state index in [-0.39, 0.29) is 12.1 Å². The van der Waals surface area contributed by atoms with Gasteiger partial charge in [0.1, 0.15) is 0 Å². The van der Waals surface area contributed by atoms with Crippen LogP contribution in [0.15, 0.2) is 6.20 Å². The van der Waals surface area contributed by atoms with Gasteiger partial charge in [-0.2, -0.15) is 18.3 Å². The van der Waals surface area contributed by atoms with E-state index in [9.17, 15) is 18.0 Å². The van der Waals surface area contributed by atoms with Crippen molar-refractivity contribution in [2.24, 2.45) is 0 Å². The fraction of sp³-hybridized carbons (Fsp3) is 0.636. The molecule has 0 spiro atoms. The Morgan fingerprint density at radius 3 is 2.58 bits per heavy atom. The van der Waals surface area contributed by atoms with E-state index >= 15 is 0 Å². The van der Waals surface area contributed by atoms with Gasteiger partial charge in [0.2, 0.25) is 0 Å². The largest absolute Gasteiger partial charge is 0.433 e. The van der Waals surface area contributed by atoms with Crippen LogP contribution < -0.4 is 5.32 Å². The lowest BCUT2D eigenvalue weighted by Gasteiger charge is -2.27. The van der Waals surface area contributed by atoms with Gasteiger partial charge in [-0.25, -0.2) is 0 Å². The second-order valence-electron chi connectivity index (χ2n) is 4.26. The summed E-state index contributed by atoms with van der Waals surface area (Å²) in [4.78, 5) is 13.6. The smallest absolute Gasteiger partial charge is 0.336 e. The average Bonchev–Trinajstić information content (AvgIpc) is 2.82. The zero-order valence-corrected chi connectivity index (χ0v) is 10.5. The molecule has 2 heterocycles. The van der Waals surface area contributed by atoms with Crippen LogP contribution in [-0.2, 0) is 12.7 Å². The van der Waals surface area contributed by atoms with Crippen LogP contribution in [0, 0.1) is 0 Å². The number of nitrogens with one attached hydrogen (secondary N) is 1. The quantitative estimate of drug-likeness (QED) is 0.875. The van der Waals surface area contributed by atoms with Crippen molar-refractivity contribution in [3.05, 3.63) is 17.5 Å². The number of alkyl halides is 3. The van der Waals surface area contributed by atoms with E-state index in [1.54, 1.807) is 6.92 Å². The minimum Gasteiger partial charge on any atom is -0.336 e. The highest BCUT2D eigenvalue weighted by molar-refractivity contribution is 5.95. The molecular weight excluding hydrogens is 261 g/mol. The Labute approximate surface area is 108 Å². The summed E-state index contributed by atoms with van der Waals surface area (Å²) in [7, 11) is 0. The number of aryl methyl sites for hydroxylation is 1. The highest BCUT2D eigenvalue weighted by Crippen LogP contribution is 2.32. The molecule has 1 saturated heterocycles. The van der Waals surface area contributed by atoms with Crippen LogP contribution in [0.4, 0.5) is 13.2 Å². The molecule has 0 unspecified atom stereocenters. The first kappa shape index (κ1) is 13.9. The number of amides is 1. The summed E-state index contributed by atoms with van der Waals surface area (Å²) in [6.07, 6.45) is -3.57. The summed E-state index contributed by atoms with van der Waals surface area (Å²) >= 11 is 0. The van der Waals surface area contributed by atoms with Crippen molar-refractivity contribution >= 4 is 5.91 Å². The van der Waals surface area contributed by atoms with E-state index < -0.39 is 17.8 Å². The molecule has 19 heavy (non-hydrogen) atoms. The normalized spacial score (nSPS) is 16.7. The number of rotatable bonds is 2. The molecule has 2 rings (SSSR count). The molecule has 8 heteroatoms. The molecule has 1 aromatic heterocycles. The van der Waals surface area contributed by atoms with Crippen molar-refractivity contribution in [2.75, 3.05) is 26.2 Å². The lowest BCUT2D eigenvalue weighted by molar-refractivity contribution is -0.144.